The molecule has 8 heteroatoms. The highest BCUT2D eigenvalue weighted by Gasteiger charge is 2.43. The van der Waals surface area contributed by atoms with Crippen LogP contribution in [0.2, 0.25) is 0 Å². The summed E-state index contributed by atoms with van der Waals surface area (Å²) in [5.41, 5.74) is 3.61. The number of aromatic amines is 1. The minimum absolute atomic E-state index is 0.266. The molecule has 0 saturated heterocycles. The van der Waals surface area contributed by atoms with Gasteiger partial charge in [-0.05, 0) is 60.3 Å². The van der Waals surface area contributed by atoms with E-state index in [1.54, 1.807) is 59.6 Å². The molecule has 0 bridgehead atoms. The highest BCUT2D eigenvalue weighted by Crippen LogP contribution is 2.45. The van der Waals surface area contributed by atoms with Gasteiger partial charge in [-0.25, -0.2) is 9.18 Å². The van der Waals surface area contributed by atoms with Crippen molar-refractivity contribution >= 4 is 28.9 Å². The molecule has 0 fully saturated rings. The third kappa shape index (κ3) is 3.29. The first kappa shape index (κ1) is 20.1. The number of carbonyl (C=O) groups excluding carboxylic acids is 2. The summed E-state index contributed by atoms with van der Waals surface area (Å²) < 4.78 is 18.7. The Labute approximate surface area is 187 Å². The van der Waals surface area contributed by atoms with E-state index in [2.05, 4.69) is 10.2 Å². The van der Waals surface area contributed by atoms with Gasteiger partial charge in [0.05, 0.1) is 28.8 Å². The zero-order valence-electron chi connectivity index (χ0n) is 17.0. The van der Waals surface area contributed by atoms with Crippen LogP contribution in [0.3, 0.4) is 0 Å². The summed E-state index contributed by atoms with van der Waals surface area (Å²) in [6, 6.07) is 16.2. The maximum Gasteiger partial charge on any atom is 0.338 e. The Morgan fingerprint density at radius 1 is 1.16 bits per heavy atom. The maximum atomic E-state index is 13.7. The molecule has 2 aromatic carbocycles. The Balaban J connectivity index is 1.62. The third-order valence-corrected chi connectivity index (χ3v) is 6.25. The van der Waals surface area contributed by atoms with Gasteiger partial charge in [0, 0.05) is 11.3 Å². The van der Waals surface area contributed by atoms with E-state index in [9.17, 15) is 14.0 Å². The molecule has 1 aliphatic rings. The molecule has 3 heterocycles. The molecule has 160 valence electrons. The number of rotatable bonds is 5. The van der Waals surface area contributed by atoms with Gasteiger partial charge in [0.1, 0.15) is 5.82 Å². The van der Waals surface area contributed by atoms with Crippen LogP contribution < -0.4 is 4.90 Å². The van der Waals surface area contributed by atoms with Crippen LogP contribution in [0.15, 0.2) is 66.0 Å². The van der Waals surface area contributed by atoms with E-state index >= 15 is 0 Å². The zero-order chi connectivity index (χ0) is 22.2. The van der Waals surface area contributed by atoms with Gasteiger partial charge in [-0.2, -0.15) is 5.10 Å². The summed E-state index contributed by atoms with van der Waals surface area (Å²) in [5, 5.41) is 9.28. The molecule has 6 nitrogen and oxygen atoms in total. The lowest BCUT2D eigenvalue weighted by atomic mass is 9.98. The number of hydrogen-bond donors (Lipinski definition) is 1. The summed E-state index contributed by atoms with van der Waals surface area (Å²) in [4.78, 5) is 28.0. The second kappa shape index (κ2) is 8.05. The number of esters is 1. The van der Waals surface area contributed by atoms with Crippen molar-refractivity contribution < 1.29 is 18.7 Å². The summed E-state index contributed by atoms with van der Waals surface area (Å²) in [6.45, 7) is 2.03. The van der Waals surface area contributed by atoms with E-state index in [0.29, 0.717) is 16.9 Å². The molecule has 1 atom stereocenters. The molecule has 5 rings (SSSR count). The number of benzene rings is 2. The zero-order valence-corrected chi connectivity index (χ0v) is 17.9. The van der Waals surface area contributed by atoms with Crippen LogP contribution >= 0.6 is 11.3 Å². The second-order valence-electron chi connectivity index (χ2n) is 7.23. The van der Waals surface area contributed by atoms with Gasteiger partial charge in [-0.1, -0.05) is 18.2 Å². The first-order chi connectivity index (χ1) is 15.6. The van der Waals surface area contributed by atoms with Crippen molar-refractivity contribution in [3.05, 3.63) is 94.2 Å². The monoisotopic (exact) mass is 447 g/mol. The molecule has 2 aromatic heterocycles. The van der Waals surface area contributed by atoms with Gasteiger partial charge in [0.15, 0.2) is 5.69 Å². The number of hydrogen-bond acceptors (Lipinski definition) is 5. The standard InChI is InChI=1S/C24H18FN3O3S/c1-2-31-24(30)15-7-11-17(12-8-15)28-22(14-5-9-16(25)10-6-14)19-20(18-4-3-13-32-18)26-27-21(19)23(28)29/h3-13,22H,2H2,1H3,(H,26,27)/t22-/m0/s1. The van der Waals surface area contributed by atoms with Crippen LogP contribution in [-0.2, 0) is 4.74 Å². The number of H-pyrrole nitrogens is 1. The van der Waals surface area contributed by atoms with Crippen LogP contribution in [0, 0.1) is 5.82 Å². The van der Waals surface area contributed by atoms with Crippen LogP contribution in [0.4, 0.5) is 10.1 Å². The topological polar surface area (TPSA) is 75.3 Å². The minimum Gasteiger partial charge on any atom is -0.462 e. The maximum absolute atomic E-state index is 13.7. The first-order valence-electron chi connectivity index (χ1n) is 10.1. The quantitative estimate of drug-likeness (QED) is 0.427. The Hall–Kier alpha value is -3.78. The Morgan fingerprint density at radius 2 is 1.91 bits per heavy atom. The van der Waals surface area contributed by atoms with Crippen molar-refractivity contribution in [3.63, 3.8) is 0 Å². The highest BCUT2D eigenvalue weighted by molar-refractivity contribution is 7.13. The number of fused-ring (bicyclic) bond motifs is 1. The number of ether oxygens (including phenoxy) is 1. The fourth-order valence-corrected chi connectivity index (χ4v) is 4.68. The SMILES string of the molecule is CCOC(=O)c1ccc(N2C(=O)c3n[nH]c(-c4cccs4)c3[C@@H]2c2ccc(F)cc2)cc1. The number of halogens is 1. The van der Waals surface area contributed by atoms with Gasteiger partial charge in [0.25, 0.3) is 5.91 Å². The Bertz CT molecular complexity index is 1280. The van der Waals surface area contributed by atoms with Crippen molar-refractivity contribution in [2.75, 3.05) is 11.5 Å². The average Bonchev–Trinajstić information content (AvgIpc) is 3.53. The lowest BCUT2D eigenvalue weighted by molar-refractivity contribution is 0.0526. The predicted molar refractivity (Wildman–Crippen MR) is 119 cm³/mol. The highest BCUT2D eigenvalue weighted by atomic mass is 32.1. The van der Waals surface area contributed by atoms with E-state index in [1.807, 2.05) is 17.5 Å². The molecule has 0 spiro atoms. The van der Waals surface area contributed by atoms with Crippen molar-refractivity contribution in [2.45, 2.75) is 13.0 Å². The van der Waals surface area contributed by atoms with Gasteiger partial charge < -0.3 is 4.74 Å². The van der Waals surface area contributed by atoms with E-state index in [0.717, 1.165) is 21.7 Å². The van der Waals surface area contributed by atoms with Gasteiger partial charge >= 0.3 is 5.97 Å². The van der Waals surface area contributed by atoms with Crippen molar-refractivity contribution in [3.8, 4) is 10.6 Å². The molecule has 0 radical (unpaired) electrons. The second-order valence-corrected chi connectivity index (χ2v) is 8.18. The summed E-state index contributed by atoms with van der Waals surface area (Å²) in [7, 11) is 0. The Morgan fingerprint density at radius 3 is 2.56 bits per heavy atom. The third-order valence-electron chi connectivity index (χ3n) is 5.37. The number of carbonyl (C=O) groups is 2. The molecule has 1 aliphatic heterocycles. The van der Waals surface area contributed by atoms with E-state index in [1.165, 1.54) is 12.1 Å². The number of amides is 1. The number of nitrogens with zero attached hydrogens (tertiary/aromatic N) is 2. The smallest absolute Gasteiger partial charge is 0.338 e. The van der Waals surface area contributed by atoms with Crippen LogP contribution in [0.25, 0.3) is 10.6 Å². The molecular formula is C24H18FN3O3S. The molecule has 32 heavy (non-hydrogen) atoms. The molecular weight excluding hydrogens is 429 g/mol. The predicted octanol–water partition coefficient (Wildman–Crippen LogP) is 5.20. The van der Waals surface area contributed by atoms with Gasteiger partial charge in [-0.3, -0.25) is 14.8 Å². The molecule has 0 aliphatic carbocycles. The lowest BCUT2D eigenvalue weighted by Crippen LogP contribution is -2.29. The largest absolute Gasteiger partial charge is 0.462 e. The summed E-state index contributed by atoms with van der Waals surface area (Å²) >= 11 is 1.54. The molecule has 0 saturated carbocycles. The van der Waals surface area contributed by atoms with Gasteiger partial charge in [0.2, 0.25) is 0 Å². The van der Waals surface area contributed by atoms with Crippen molar-refractivity contribution in [1.29, 1.82) is 0 Å². The fraction of sp³-hybridized carbons (Fsp3) is 0.125. The molecule has 4 aromatic rings. The van der Waals surface area contributed by atoms with Crippen LogP contribution in [0.5, 0.6) is 0 Å². The van der Waals surface area contributed by atoms with E-state index in [-0.39, 0.29) is 18.3 Å². The Kier molecular flexibility index (Phi) is 5.07. The summed E-state index contributed by atoms with van der Waals surface area (Å²) in [5.74, 6) is -1.04. The molecule has 1 N–H and O–H groups in total. The minimum atomic E-state index is -0.498. The lowest BCUT2D eigenvalue weighted by Gasteiger charge is -2.26. The van der Waals surface area contributed by atoms with Crippen molar-refractivity contribution in [1.82, 2.24) is 10.2 Å². The molecule has 1 amide bonds. The van der Waals surface area contributed by atoms with E-state index < -0.39 is 12.0 Å². The number of anilines is 1. The normalized spacial score (nSPS) is 15.1. The number of nitrogens with one attached hydrogen (secondary N) is 1. The summed E-state index contributed by atoms with van der Waals surface area (Å²) in [6.07, 6.45) is 0. The van der Waals surface area contributed by atoms with Crippen LogP contribution in [0.1, 0.15) is 44.9 Å². The molecule has 0 unspecified atom stereocenters. The number of aromatic nitrogens is 2. The first-order valence-corrected chi connectivity index (χ1v) is 10.9. The van der Waals surface area contributed by atoms with Crippen molar-refractivity contribution in [2.24, 2.45) is 0 Å². The van der Waals surface area contributed by atoms with Crippen LogP contribution in [-0.4, -0.2) is 28.7 Å². The average molecular weight is 447 g/mol. The van der Waals surface area contributed by atoms with E-state index in [4.69, 9.17) is 4.74 Å². The fourth-order valence-electron chi connectivity index (χ4n) is 3.95. The number of thiophene rings is 1. The van der Waals surface area contributed by atoms with Gasteiger partial charge in [-0.15, -0.1) is 11.3 Å².